The monoisotopic (exact) mass is 267 g/mol. The van der Waals surface area contributed by atoms with Gasteiger partial charge in [-0.2, -0.15) is 0 Å². The number of rotatable bonds is 5. The molecule has 0 unspecified atom stereocenters. The van der Waals surface area contributed by atoms with E-state index in [1.807, 2.05) is 62.4 Å². The molecule has 0 N–H and O–H groups in total. The fourth-order valence-electron chi connectivity index (χ4n) is 1.82. The highest BCUT2D eigenvalue weighted by Gasteiger charge is 2.02. The first kappa shape index (κ1) is 14.0. The molecule has 0 atom stereocenters. The Balaban J connectivity index is 2.05. The Morgan fingerprint density at radius 2 is 1.95 bits per heavy atom. The Morgan fingerprint density at radius 1 is 1.20 bits per heavy atom. The third-order valence-corrected chi connectivity index (χ3v) is 3.10. The van der Waals surface area contributed by atoms with Gasteiger partial charge in [-0.3, -0.25) is 4.79 Å². The summed E-state index contributed by atoms with van der Waals surface area (Å²) in [6, 6.07) is 15.5. The molecule has 0 saturated carbocycles. The van der Waals surface area contributed by atoms with Crippen LogP contribution in [0.4, 0.5) is 0 Å². The van der Waals surface area contributed by atoms with Gasteiger partial charge in [-0.05, 0) is 36.6 Å². The zero-order chi connectivity index (χ0) is 14.4. The molecular weight excluding hydrogens is 250 g/mol. The summed E-state index contributed by atoms with van der Waals surface area (Å²) in [5, 5.41) is 4.10. The molecule has 0 radical (unpaired) electrons. The number of benzene rings is 2. The average Bonchev–Trinajstić information content (AvgIpc) is 2.48. The normalized spacial score (nSPS) is 11.2. The van der Waals surface area contributed by atoms with E-state index >= 15 is 0 Å². The van der Waals surface area contributed by atoms with Gasteiger partial charge in [-0.25, -0.2) is 0 Å². The summed E-state index contributed by atoms with van der Waals surface area (Å²) in [4.78, 5) is 16.3. The molecule has 2 rings (SSSR count). The van der Waals surface area contributed by atoms with Gasteiger partial charge in [0.25, 0.3) is 0 Å². The van der Waals surface area contributed by atoms with E-state index in [1.54, 1.807) is 0 Å². The van der Waals surface area contributed by atoms with Crippen LogP contribution in [0.25, 0.3) is 0 Å². The van der Waals surface area contributed by atoms with E-state index < -0.39 is 0 Å². The van der Waals surface area contributed by atoms with E-state index in [4.69, 9.17) is 4.84 Å². The summed E-state index contributed by atoms with van der Waals surface area (Å²) in [5.41, 5.74) is 4.36. The largest absolute Gasteiger partial charge is 0.391 e. The molecule has 0 aliphatic rings. The zero-order valence-corrected chi connectivity index (χ0v) is 11.7. The molecule has 0 bridgehead atoms. The molecule has 0 amide bonds. The van der Waals surface area contributed by atoms with Crippen LogP contribution in [0.2, 0.25) is 0 Å². The molecule has 20 heavy (non-hydrogen) atoms. The van der Waals surface area contributed by atoms with Gasteiger partial charge in [-0.1, -0.05) is 47.6 Å². The summed E-state index contributed by atoms with van der Waals surface area (Å²) in [7, 11) is 0. The summed E-state index contributed by atoms with van der Waals surface area (Å²) in [5.74, 6) is 0. The first-order valence-corrected chi connectivity index (χ1v) is 6.47. The van der Waals surface area contributed by atoms with Crippen molar-refractivity contribution in [3.63, 3.8) is 0 Å². The van der Waals surface area contributed by atoms with Crippen LogP contribution in [0.1, 0.15) is 34.0 Å². The Labute approximate surface area is 118 Å². The second kappa shape index (κ2) is 6.66. The predicted molar refractivity (Wildman–Crippen MR) is 80.0 cm³/mol. The fourth-order valence-corrected chi connectivity index (χ4v) is 1.82. The van der Waals surface area contributed by atoms with Gasteiger partial charge in [0.15, 0.2) is 0 Å². The number of nitrogens with zero attached hydrogens (tertiary/aromatic N) is 1. The lowest BCUT2D eigenvalue weighted by Crippen LogP contribution is -1.99. The van der Waals surface area contributed by atoms with Gasteiger partial charge in [0, 0.05) is 5.56 Å². The molecule has 0 aliphatic carbocycles. The maximum Gasteiger partial charge on any atom is 0.150 e. The van der Waals surface area contributed by atoms with E-state index in [9.17, 15) is 4.79 Å². The molecule has 0 fully saturated rings. The van der Waals surface area contributed by atoms with E-state index in [2.05, 4.69) is 5.16 Å². The number of carbonyl (C=O) groups is 1. The topological polar surface area (TPSA) is 38.7 Å². The van der Waals surface area contributed by atoms with Crippen molar-refractivity contribution in [2.45, 2.75) is 20.5 Å². The van der Waals surface area contributed by atoms with Crippen molar-refractivity contribution in [2.24, 2.45) is 5.16 Å². The average molecular weight is 267 g/mol. The Morgan fingerprint density at radius 3 is 2.65 bits per heavy atom. The number of oxime groups is 1. The molecule has 0 aromatic heterocycles. The maximum atomic E-state index is 10.9. The van der Waals surface area contributed by atoms with E-state index in [0.717, 1.165) is 28.7 Å². The summed E-state index contributed by atoms with van der Waals surface area (Å²) < 4.78 is 0. The molecule has 0 spiro atoms. The molecule has 0 heterocycles. The SMILES string of the molecule is C/C(=N\OCc1ccccc1)c1ccc(C)c(C=O)c1. The first-order valence-electron chi connectivity index (χ1n) is 6.47. The highest BCUT2D eigenvalue weighted by atomic mass is 16.6. The van der Waals surface area contributed by atoms with E-state index in [0.29, 0.717) is 12.2 Å². The van der Waals surface area contributed by atoms with Crippen LogP contribution < -0.4 is 0 Å². The Kier molecular flexibility index (Phi) is 4.66. The van der Waals surface area contributed by atoms with Crippen LogP contribution in [0.5, 0.6) is 0 Å². The molecule has 0 saturated heterocycles. The third kappa shape index (κ3) is 3.54. The minimum atomic E-state index is 0.435. The number of hydrogen-bond acceptors (Lipinski definition) is 3. The lowest BCUT2D eigenvalue weighted by molar-refractivity contribution is 0.112. The van der Waals surface area contributed by atoms with Crippen molar-refractivity contribution in [1.82, 2.24) is 0 Å². The molecule has 0 aliphatic heterocycles. The number of aryl methyl sites for hydroxylation is 1. The van der Waals surface area contributed by atoms with Crippen molar-refractivity contribution < 1.29 is 9.63 Å². The fraction of sp³-hybridized carbons (Fsp3) is 0.176. The van der Waals surface area contributed by atoms with Gasteiger partial charge >= 0.3 is 0 Å². The van der Waals surface area contributed by atoms with Gasteiger partial charge < -0.3 is 4.84 Å². The van der Waals surface area contributed by atoms with Crippen LogP contribution in [0.3, 0.4) is 0 Å². The van der Waals surface area contributed by atoms with Crippen LogP contribution in [-0.4, -0.2) is 12.0 Å². The Bertz CT molecular complexity index is 618. The van der Waals surface area contributed by atoms with Crippen molar-refractivity contribution in [3.8, 4) is 0 Å². The lowest BCUT2D eigenvalue weighted by Gasteiger charge is -2.05. The van der Waals surface area contributed by atoms with Gasteiger partial charge in [0.2, 0.25) is 0 Å². The quantitative estimate of drug-likeness (QED) is 0.470. The molecule has 102 valence electrons. The standard InChI is InChI=1S/C17H17NO2/c1-13-8-9-16(10-17(13)11-19)14(2)18-20-12-15-6-4-3-5-7-15/h3-11H,12H2,1-2H3/b18-14+. The smallest absolute Gasteiger partial charge is 0.150 e. The molecular formula is C17H17NO2. The summed E-state index contributed by atoms with van der Waals surface area (Å²) in [6.07, 6.45) is 0.858. The molecule has 3 heteroatoms. The van der Waals surface area contributed by atoms with Gasteiger partial charge in [-0.15, -0.1) is 0 Å². The van der Waals surface area contributed by atoms with Crippen molar-refractivity contribution in [3.05, 3.63) is 70.8 Å². The third-order valence-electron chi connectivity index (χ3n) is 3.10. The summed E-state index contributed by atoms with van der Waals surface area (Å²) in [6.45, 7) is 4.21. The van der Waals surface area contributed by atoms with Crippen LogP contribution in [0, 0.1) is 6.92 Å². The van der Waals surface area contributed by atoms with E-state index in [-0.39, 0.29) is 0 Å². The van der Waals surface area contributed by atoms with E-state index in [1.165, 1.54) is 0 Å². The van der Waals surface area contributed by atoms with Crippen LogP contribution >= 0.6 is 0 Å². The van der Waals surface area contributed by atoms with Crippen molar-refractivity contribution in [2.75, 3.05) is 0 Å². The number of carbonyl (C=O) groups excluding carboxylic acids is 1. The highest BCUT2D eigenvalue weighted by Crippen LogP contribution is 2.11. The molecule has 2 aromatic carbocycles. The van der Waals surface area contributed by atoms with Crippen LogP contribution in [0.15, 0.2) is 53.7 Å². The van der Waals surface area contributed by atoms with Crippen LogP contribution in [-0.2, 0) is 11.4 Å². The van der Waals surface area contributed by atoms with Gasteiger partial charge in [0.05, 0.1) is 5.71 Å². The molecule has 2 aromatic rings. The highest BCUT2D eigenvalue weighted by molar-refractivity contribution is 5.99. The Hall–Kier alpha value is -2.42. The second-order valence-electron chi connectivity index (χ2n) is 4.62. The second-order valence-corrected chi connectivity index (χ2v) is 4.62. The lowest BCUT2D eigenvalue weighted by atomic mass is 10.0. The minimum Gasteiger partial charge on any atom is -0.391 e. The minimum absolute atomic E-state index is 0.435. The number of aldehydes is 1. The molecule has 3 nitrogen and oxygen atoms in total. The maximum absolute atomic E-state index is 10.9. The van der Waals surface area contributed by atoms with Gasteiger partial charge in [0.1, 0.15) is 12.9 Å². The predicted octanol–water partition coefficient (Wildman–Crippen LogP) is 3.75. The number of hydrogen-bond donors (Lipinski definition) is 0. The summed E-state index contributed by atoms with van der Waals surface area (Å²) >= 11 is 0. The van der Waals surface area contributed by atoms with Crippen molar-refractivity contribution >= 4 is 12.0 Å². The first-order chi connectivity index (χ1) is 9.70. The van der Waals surface area contributed by atoms with Crippen molar-refractivity contribution in [1.29, 1.82) is 0 Å². The zero-order valence-electron chi connectivity index (χ0n) is 11.7.